The van der Waals surface area contributed by atoms with E-state index >= 15 is 0 Å². The van der Waals surface area contributed by atoms with Crippen LogP contribution in [0.25, 0.3) is 5.32 Å². The number of phenols is 2. The van der Waals surface area contributed by atoms with Crippen LogP contribution in [0.5, 0.6) is 11.5 Å². The van der Waals surface area contributed by atoms with Crippen molar-refractivity contribution in [2.24, 2.45) is 0 Å². The van der Waals surface area contributed by atoms with E-state index in [1.807, 2.05) is 24.3 Å². The molecule has 2 aromatic carbocycles. The van der Waals surface area contributed by atoms with E-state index in [1.54, 1.807) is 24.3 Å². The molecule has 1 unspecified atom stereocenters. The first-order valence-electron chi connectivity index (χ1n) is 8.88. The number of benzene rings is 2. The normalized spacial score (nSPS) is 12.0. The van der Waals surface area contributed by atoms with Gasteiger partial charge in [0, 0.05) is 13.1 Å². The van der Waals surface area contributed by atoms with Crippen molar-refractivity contribution in [3.05, 3.63) is 65.0 Å². The Bertz CT molecular complexity index is 648. The molecule has 6 heteroatoms. The number of nitrogens with one attached hydrogen (secondary N) is 1. The first-order chi connectivity index (χ1) is 12.2. The van der Waals surface area contributed by atoms with Gasteiger partial charge in [0.05, 0.1) is 0 Å². The molecule has 0 saturated heterocycles. The summed E-state index contributed by atoms with van der Waals surface area (Å²) in [6.07, 6.45) is 1.68. The minimum Gasteiger partial charge on any atom is -0.638 e. The van der Waals surface area contributed by atoms with Gasteiger partial charge in [0.2, 0.25) is 0 Å². The zero-order valence-corrected chi connectivity index (χ0v) is 16.4. The van der Waals surface area contributed by atoms with E-state index < -0.39 is 0 Å². The Balaban J connectivity index is 0.00000338. The fraction of sp³-hybridized carbons (Fsp3) is 0.400. The maximum absolute atomic E-state index is 10.2. The fourth-order valence-corrected chi connectivity index (χ4v) is 2.72. The number of nitrogens with zero attached hydrogens (tertiary/aromatic N) is 2. The summed E-state index contributed by atoms with van der Waals surface area (Å²) in [6.45, 7) is 6.45. The number of hydrazine groups is 1. The summed E-state index contributed by atoms with van der Waals surface area (Å²) in [5.41, 5.74) is 4.93. The molecule has 26 heavy (non-hydrogen) atoms. The minimum atomic E-state index is -0.376. The summed E-state index contributed by atoms with van der Waals surface area (Å²) < 4.78 is 0. The second kappa shape index (κ2) is 11.9. The molecule has 0 bridgehead atoms. The first-order valence-corrected chi connectivity index (χ1v) is 8.88. The molecule has 0 aliphatic heterocycles. The molecule has 0 aromatic heterocycles. The van der Waals surface area contributed by atoms with Crippen molar-refractivity contribution < 1.29 is 27.0 Å². The number of phenolic OH excluding ortho intramolecular Hbond substituents is 2. The number of hydrogen-bond donors (Lipinski definition) is 3. The molecule has 5 nitrogen and oxygen atoms in total. The third-order valence-electron chi connectivity index (χ3n) is 3.96. The van der Waals surface area contributed by atoms with Gasteiger partial charge in [-0.25, -0.2) is 5.01 Å². The van der Waals surface area contributed by atoms with Gasteiger partial charge in [-0.3, -0.25) is 5.43 Å². The summed E-state index contributed by atoms with van der Waals surface area (Å²) in [4.78, 5) is 0. The van der Waals surface area contributed by atoms with E-state index in [4.69, 9.17) is 5.32 Å². The van der Waals surface area contributed by atoms with Crippen molar-refractivity contribution in [3.8, 4) is 11.5 Å². The average molecular weight is 401 g/mol. The maximum Gasteiger partial charge on any atom is 2.00 e. The molecule has 0 fully saturated rings. The van der Waals surface area contributed by atoms with Crippen LogP contribution in [0, 0.1) is 0 Å². The molecule has 0 amide bonds. The topological polar surface area (TPSA) is 69.8 Å². The molecule has 0 heterocycles. The average Bonchev–Trinajstić information content (AvgIpc) is 2.61. The van der Waals surface area contributed by atoms with Crippen LogP contribution in [-0.4, -0.2) is 28.3 Å². The summed E-state index contributed by atoms with van der Waals surface area (Å²) in [5, 5.41) is 27.1. The van der Waals surface area contributed by atoms with E-state index in [9.17, 15) is 10.2 Å². The van der Waals surface area contributed by atoms with Crippen LogP contribution in [0.15, 0.2) is 48.5 Å². The largest absolute Gasteiger partial charge is 2.00 e. The molecule has 3 N–H and O–H groups in total. The van der Waals surface area contributed by atoms with Gasteiger partial charge in [0.1, 0.15) is 11.5 Å². The molecular formula is C20H28CoN3O2+. The number of hydrogen-bond acceptors (Lipinski definition) is 4. The van der Waals surface area contributed by atoms with Crippen molar-refractivity contribution in [3.63, 3.8) is 0 Å². The van der Waals surface area contributed by atoms with Gasteiger partial charge < -0.3 is 15.5 Å². The predicted octanol–water partition coefficient (Wildman–Crippen LogP) is 4.29. The van der Waals surface area contributed by atoms with Gasteiger partial charge in [-0.1, -0.05) is 50.2 Å². The summed E-state index contributed by atoms with van der Waals surface area (Å²) in [6, 6.07) is 14.4. The smallest absolute Gasteiger partial charge is 0.638 e. The van der Waals surface area contributed by atoms with Crippen LogP contribution in [0.3, 0.4) is 0 Å². The fourth-order valence-electron chi connectivity index (χ4n) is 2.72. The van der Waals surface area contributed by atoms with Crippen LogP contribution < -0.4 is 5.43 Å². The van der Waals surface area contributed by atoms with Crippen LogP contribution >= 0.6 is 0 Å². The van der Waals surface area contributed by atoms with Gasteiger partial charge in [0.15, 0.2) is 0 Å². The van der Waals surface area contributed by atoms with Gasteiger partial charge in [-0.2, -0.15) is 0 Å². The maximum atomic E-state index is 10.2. The van der Waals surface area contributed by atoms with Crippen LogP contribution in [0.4, 0.5) is 0 Å². The second-order valence-electron chi connectivity index (χ2n) is 6.05. The third kappa shape index (κ3) is 6.62. The molecule has 1 radical (unpaired) electrons. The Kier molecular flexibility index (Phi) is 10.3. The summed E-state index contributed by atoms with van der Waals surface area (Å²) in [7, 11) is 0. The van der Waals surface area contributed by atoms with Crippen molar-refractivity contribution in [1.82, 2.24) is 10.4 Å². The van der Waals surface area contributed by atoms with E-state index in [1.165, 1.54) is 0 Å². The molecule has 1 atom stereocenters. The molecule has 0 saturated carbocycles. The predicted molar refractivity (Wildman–Crippen MR) is 101 cm³/mol. The Morgan fingerprint density at radius 2 is 1.50 bits per heavy atom. The monoisotopic (exact) mass is 401 g/mol. The molecule has 0 aliphatic rings. The number of aromatic hydroxyl groups is 2. The van der Waals surface area contributed by atoms with E-state index in [-0.39, 0.29) is 34.4 Å². The third-order valence-corrected chi connectivity index (χ3v) is 3.96. The van der Waals surface area contributed by atoms with E-state index in [0.717, 1.165) is 37.1 Å². The number of rotatable bonds is 10. The van der Waals surface area contributed by atoms with Crippen LogP contribution in [-0.2, 0) is 23.3 Å². The van der Waals surface area contributed by atoms with Gasteiger partial charge >= 0.3 is 16.8 Å². The summed E-state index contributed by atoms with van der Waals surface area (Å²) in [5.74, 6) is 0.454. The Morgan fingerprint density at radius 3 is 2.08 bits per heavy atom. The molecule has 0 aliphatic carbocycles. The first kappa shape index (κ1) is 22.5. The Morgan fingerprint density at radius 1 is 0.923 bits per heavy atom. The summed E-state index contributed by atoms with van der Waals surface area (Å²) >= 11 is 0. The van der Waals surface area contributed by atoms with Gasteiger partial charge in [-0.05, 0) is 42.3 Å². The van der Waals surface area contributed by atoms with Crippen molar-refractivity contribution >= 4 is 0 Å². The SMILES string of the molecule is CCCN(CCC)NC([N-]Cc1ccccc1O)c1ccccc1O.[Co+2]. The molecular weight excluding hydrogens is 373 g/mol. The molecule has 143 valence electrons. The zero-order valence-electron chi connectivity index (χ0n) is 15.4. The number of para-hydroxylation sites is 2. The van der Waals surface area contributed by atoms with Gasteiger partial charge in [0.25, 0.3) is 0 Å². The van der Waals surface area contributed by atoms with Crippen molar-refractivity contribution in [1.29, 1.82) is 0 Å². The van der Waals surface area contributed by atoms with Crippen LogP contribution in [0.1, 0.15) is 44.0 Å². The quantitative estimate of drug-likeness (QED) is 0.520. The van der Waals surface area contributed by atoms with Crippen LogP contribution in [0.2, 0.25) is 0 Å². The molecule has 0 spiro atoms. The Hall–Kier alpha value is -1.57. The van der Waals surface area contributed by atoms with E-state index in [2.05, 4.69) is 24.3 Å². The second-order valence-corrected chi connectivity index (χ2v) is 6.05. The molecule has 2 rings (SSSR count). The van der Waals surface area contributed by atoms with Crippen molar-refractivity contribution in [2.45, 2.75) is 39.4 Å². The van der Waals surface area contributed by atoms with Crippen molar-refractivity contribution in [2.75, 3.05) is 13.1 Å². The zero-order chi connectivity index (χ0) is 18.1. The van der Waals surface area contributed by atoms with E-state index in [0.29, 0.717) is 6.54 Å². The minimum absolute atomic E-state index is 0. The van der Waals surface area contributed by atoms with Gasteiger partial charge in [-0.15, -0.1) is 6.54 Å². The molecule has 2 aromatic rings. The standard InChI is InChI=1S/C20H28N3O2.Co/c1-3-13-23(14-4-2)22-20(17-10-6-8-12-19(17)25)21-15-16-9-5-7-11-18(16)24;/h5-12,20,22,24-25H,3-4,13-15H2,1-2H3;/q-1;+2. The Labute approximate surface area is 166 Å².